The maximum atomic E-state index is 9.91. The Kier molecular flexibility index (Phi) is 3.03. The van der Waals surface area contributed by atoms with Crippen LogP contribution in [0.2, 0.25) is 0 Å². The summed E-state index contributed by atoms with van der Waals surface area (Å²) in [6.07, 6.45) is 1.02. The van der Waals surface area contributed by atoms with Crippen molar-refractivity contribution in [2.75, 3.05) is 11.6 Å². The van der Waals surface area contributed by atoms with Crippen LogP contribution in [-0.2, 0) is 13.0 Å². The Labute approximate surface area is 113 Å². The van der Waals surface area contributed by atoms with Crippen molar-refractivity contribution >= 4 is 5.69 Å². The van der Waals surface area contributed by atoms with Crippen molar-refractivity contribution in [1.82, 2.24) is 0 Å². The molecule has 3 nitrogen and oxygen atoms in total. The predicted octanol–water partition coefficient (Wildman–Crippen LogP) is 3.31. The molecule has 1 N–H and O–H groups in total. The summed E-state index contributed by atoms with van der Waals surface area (Å²) >= 11 is 0. The molecule has 3 heteroatoms. The highest BCUT2D eigenvalue weighted by atomic mass is 16.5. The lowest BCUT2D eigenvalue weighted by molar-refractivity contribution is 0.287. The predicted molar refractivity (Wildman–Crippen MR) is 75.6 cm³/mol. The highest BCUT2D eigenvalue weighted by Gasteiger charge is 2.19. The number of phenols is 1. The first-order chi connectivity index (χ1) is 9.28. The lowest BCUT2D eigenvalue weighted by Crippen LogP contribution is -2.31. The van der Waals surface area contributed by atoms with Crippen LogP contribution in [0.15, 0.2) is 42.5 Å². The van der Waals surface area contributed by atoms with E-state index in [2.05, 4.69) is 19.1 Å². The number of phenolic OH excluding ortho intramolecular Hbond substituents is 1. The normalized spacial score (nSPS) is 13.8. The second-order valence-electron chi connectivity index (χ2n) is 4.76. The van der Waals surface area contributed by atoms with Crippen molar-refractivity contribution < 1.29 is 9.84 Å². The summed E-state index contributed by atoms with van der Waals surface area (Å²) in [4.78, 5) is 2.04. The molecule has 1 aliphatic rings. The average Bonchev–Trinajstić information content (AvgIpc) is 2.46. The molecule has 0 aliphatic carbocycles. The first-order valence-corrected chi connectivity index (χ1v) is 6.55. The molecule has 0 aromatic heterocycles. The minimum atomic E-state index is 0.293. The van der Waals surface area contributed by atoms with Gasteiger partial charge in [-0.15, -0.1) is 0 Å². The van der Waals surface area contributed by atoms with Crippen LogP contribution in [0.5, 0.6) is 11.5 Å². The third-order valence-electron chi connectivity index (χ3n) is 3.49. The number of nitrogens with zero attached hydrogens (tertiary/aromatic N) is 1. The van der Waals surface area contributed by atoms with E-state index in [1.807, 2.05) is 29.2 Å². The Morgan fingerprint density at radius 3 is 2.84 bits per heavy atom. The molecule has 19 heavy (non-hydrogen) atoms. The number of hydrogen-bond acceptors (Lipinski definition) is 3. The minimum Gasteiger partial charge on any atom is -0.506 e. The van der Waals surface area contributed by atoms with Crippen molar-refractivity contribution in [1.29, 1.82) is 0 Å². The smallest absolute Gasteiger partial charge is 0.161 e. The van der Waals surface area contributed by atoms with Gasteiger partial charge in [0.05, 0.1) is 5.69 Å². The van der Waals surface area contributed by atoms with Gasteiger partial charge < -0.3 is 14.7 Å². The van der Waals surface area contributed by atoms with Crippen LogP contribution in [0, 0.1) is 0 Å². The van der Waals surface area contributed by atoms with Gasteiger partial charge in [0.2, 0.25) is 0 Å². The van der Waals surface area contributed by atoms with Crippen molar-refractivity contribution in [2.45, 2.75) is 19.9 Å². The van der Waals surface area contributed by atoms with E-state index >= 15 is 0 Å². The van der Waals surface area contributed by atoms with Crippen LogP contribution in [0.1, 0.15) is 18.1 Å². The van der Waals surface area contributed by atoms with Gasteiger partial charge in [-0.05, 0) is 30.2 Å². The largest absolute Gasteiger partial charge is 0.506 e. The van der Waals surface area contributed by atoms with E-state index in [1.54, 1.807) is 6.07 Å². The van der Waals surface area contributed by atoms with Gasteiger partial charge in [0.15, 0.2) is 6.73 Å². The molecule has 2 aromatic carbocycles. The first-order valence-electron chi connectivity index (χ1n) is 6.55. The molecule has 0 atom stereocenters. The zero-order valence-electron chi connectivity index (χ0n) is 11.0. The van der Waals surface area contributed by atoms with Crippen LogP contribution in [0.25, 0.3) is 0 Å². The van der Waals surface area contributed by atoms with Gasteiger partial charge in [-0.25, -0.2) is 0 Å². The molecular formula is C16H17NO2. The Bertz CT molecular complexity index is 595. The van der Waals surface area contributed by atoms with Crippen molar-refractivity contribution in [3.05, 3.63) is 53.6 Å². The monoisotopic (exact) mass is 255 g/mol. The molecule has 0 bridgehead atoms. The van der Waals surface area contributed by atoms with Crippen LogP contribution in [-0.4, -0.2) is 11.8 Å². The lowest BCUT2D eigenvalue weighted by atomic mass is 10.1. The van der Waals surface area contributed by atoms with E-state index < -0.39 is 0 Å². The molecule has 3 rings (SSSR count). The molecule has 1 heterocycles. The molecule has 2 aromatic rings. The SMILES string of the molecule is CCc1ccc2c(c1)CN(c1ccccc1O)CO2. The number of anilines is 1. The number of hydrogen-bond donors (Lipinski definition) is 1. The van der Waals surface area contributed by atoms with E-state index in [-0.39, 0.29) is 0 Å². The maximum absolute atomic E-state index is 9.91. The second kappa shape index (κ2) is 4.84. The minimum absolute atomic E-state index is 0.293. The van der Waals surface area contributed by atoms with Gasteiger partial charge >= 0.3 is 0 Å². The molecule has 98 valence electrons. The van der Waals surface area contributed by atoms with Gasteiger partial charge in [-0.2, -0.15) is 0 Å². The van der Waals surface area contributed by atoms with Crippen molar-refractivity contribution in [3.8, 4) is 11.5 Å². The average molecular weight is 255 g/mol. The Morgan fingerprint density at radius 1 is 1.21 bits per heavy atom. The van der Waals surface area contributed by atoms with Gasteiger partial charge in [-0.1, -0.05) is 31.2 Å². The summed E-state index contributed by atoms with van der Waals surface area (Å²) in [6, 6.07) is 13.7. The highest BCUT2D eigenvalue weighted by Crippen LogP contribution is 2.33. The molecule has 1 aliphatic heterocycles. The van der Waals surface area contributed by atoms with Gasteiger partial charge in [0, 0.05) is 12.1 Å². The molecule has 0 spiro atoms. The fourth-order valence-electron chi connectivity index (χ4n) is 2.40. The third kappa shape index (κ3) is 2.24. The zero-order chi connectivity index (χ0) is 13.2. The first kappa shape index (κ1) is 11.9. The van der Waals surface area contributed by atoms with Crippen LogP contribution in [0.3, 0.4) is 0 Å². The fourth-order valence-corrected chi connectivity index (χ4v) is 2.40. The zero-order valence-corrected chi connectivity index (χ0v) is 11.0. The number of para-hydroxylation sites is 2. The Hall–Kier alpha value is -2.16. The molecule has 0 saturated heterocycles. The number of aryl methyl sites for hydroxylation is 1. The molecule has 0 radical (unpaired) electrons. The summed E-state index contributed by atoms with van der Waals surface area (Å²) in [6.45, 7) is 3.38. The summed E-state index contributed by atoms with van der Waals surface area (Å²) in [5, 5.41) is 9.91. The molecular weight excluding hydrogens is 238 g/mol. The fraction of sp³-hybridized carbons (Fsp3) is 0.250. The lowest BCUT2D eigenvalue weighted by Gasteiger charge is -2.31. The summed E-state index contributed by atoms with van der Waals surface area (Å²) < 4.78 is 5.76. The number of rotatable bonds is 2. The number of benzene rings is 2. The molecule has 0 unspecified atom stereocenters. The van der Waals surface area contributed by atoms with E-state index in [1.165, 1.54) is 11.1 Å². The van der Waals surface area contributed by atoms with E-state index in [0.717, 1.165) is 24.4 Å². The topological polar surface area (TPSA) is 32.7 Å². The quantitative estimate of drug-likeness (QED) is 0.893. The van der Waals surface area contributed by atoms with Crippen LogP contribution < -0.4 is 9.64 Å². The molecule has 0 amide bonds. The van der Waals surface area contributed by atoms with E-state index in [9.17, 15) is 5.11 Å². The second-order valence-corrected chi connectivity index (χ2v) is 4.76. The number of ether oxygens (including phenoxy) is 1. The summed E-state index contributed by atoms with van der Waals surface area (Å²) in [5.41, 5.74) is 3.30. The maximum Gasteiger partial charge on any atom is 0.161 e. The van der Waals surface area contributed by atoms with Gasteiger partial charge in [0.1, 0.15) is 11.5 Å². The van der Waals surface area contributed by atoms with Crippen molar-refractivity contribution in [3.63, 3.8) is 0 Å². The third-order valence-corrected chi connectivity index (χ3v) is 3.49. The molecule has 0 fully saturated rings. The molecule has 0 saturated carbocycles. The van der Waals surface area contributed by atoms with E-state index in [0.29, 0.717) is 12.5 Å². The van der Waals surface area contributed by atoms with Crippen LogP contribution >= 0.6 is 0 Å². The van der Waals surface area contributed by atoms with E-state index in [4.69, 9.17) is 4.74 Å². The van der Waals surface area contributed by atoms with Gasteiger partial charge in [-0.3, -0.25) is 0 Å². The summed E-state index contributed by atoms with van der Waals surface area (Å²) in [5.74, 6) is 1.24. The number of fused-ring (bicyclic) bond motifs is 1. The standard InChI is InChI=1S/C16H17NO2/c1-2-12-7-8-16-13(9-12)10-17(11-19-16)14-5-3-4-6-15(14)18/h3-9,18H,2,10-11H2,1H3. The highest BCUT2D eigenvalue weighted by molar-refractivity contribution is 5.59. The van der Waals surface area contributed by atoms with Crippen molar-refractivity contribution in [2.24, 2.45) is 0 Å². The van der Waals surface area contributed by atoms with Crippen LogP contribution in [0.4, 0.5) is 5.69 Å². The van der Waals surface area contributed by atoms with Gasteiger partial charge in [0.25, 0.3) is 0 Å². The number of aromatic hydroxyl groups is 1. The summed E-state index contributed by atoms with van der Waals surface area (Å²) in [7, 11) is 0. The Balaban J connectivity index is 1.91. The Morgan fingerprint density at radius 2 is 2.05 bits per heavy atom.